The van der Waals surface area contributed by atoms with Crippen molar-refractivity contribution < 1.29 is 22.4 Å². The third-order valence-corrected chi connectivity index (χ3v) is 9.01. The molecule has 34 heavy (non-hydrogen) atoms. The molecular formula is C24H23FN4O4S. The van der Waals surface area contributed by atoms with Crippen LogP contribution in [0.5, 0.6) is 0 Å². The molecule has 3 unspecified atom stereocenters. The molecular weight excluding hydrogens is 459 g/mol. The highest BCUT2D eigenvalue weighted by Crippen LogP contribution is 2.54. The van der Waals surface area contributed by atoms with Crippen LogP contribution in [-0.4, -0.2) is 36.9 Å². The van der Waals surface area contributed by atoms with Crippen LogP contribution in [0.2, 0.25) is 0 Å². The van der Waals surface area contributed by atoms with Crippen molar-refractivity contribution in [3.63, 3.8) is 0 Å². The van der Waals surface area contributed by atoms with Crippen molar-refractivity contribution in [1.82, 2.24) is 4.90 Å². The molecule has 2 aromatic rings. The fourth-order valence-electron chi connectivity index (χ4n) is 6.28. The molecule has 176 valence electrons. The van der Waals surface area contributed by atoms with Gasteiger partial charge in [0.05, 0.1) is 5.69 Å². The zero-order valence-corrected chi connectivity index (χ0v) is 19.0. The predicted molar refractivity (Wildman–Crippen MR) is 123 cm³/mol. The lowest BCUT2D eigenvalue weighted by Crippen LogP contribution is -2.61. The number of likely N-dealkylation sites (tertiary alicyclic amines) is 1. The fourth-order valence-corrected chi connectivity index (χ4v) is 7.47. The van der Waals surface area contributed by atoms with Crippen LogP contribution in [0.3, 0.4) is 0 Å². The SMILES string of the molecule is Nc1ccc2c(c1)S(=O)(=O)N=C(C1C(=O)C3C([C@@H]4CC[C@H]3C4)N(Cc3ccc(F)cc3)C1=O)N2. The number of sulfonamides is 1. The molecule has 2 aliphatic heterocycles. The number of fused-ring (bicyclic) bond motifs is 6. The third kappa shape index (κ3) is 3.15. The number of nitrogen functional groups attached to an aromatic ring is 1. The molecule has 0 radical (unpaired) electrons. The van der Waals surface area contributed by atoms with E-state index in [2.05, 4.69) is 9.71 Å². The Morgan fingerprint density at radius 1 is 1.09 bits per heavy atom. The lowest BCUT2D eigenvalue weighted by Gasteiger charge is -2.45. The number of carbonyl (C=O) groups excluding carboxylic acids is 2. The fraction of sp³-hybridized carbons (Fsp3) is 0.375. The van der Waals surface area contributed by atoms with E-state index in [9.17, 15) is 22.4 Å². The molecule has 2 heterocycles. The number of rotatable bonds is 3. The average Bonchev–Trinajstić information content (AvgIpc) is 3.40. The van der Waals surface area contributed by atoms with Crippen LogP contribution in [0.4, 0.5) is 15.8 Å². The van der Waals surface area contributed by atoms with Crippen LogP contribution in [0.1, 0.15) is 24.8 Å². The van der Waals surface area contributed by atoms with Gasteiger partial charge in [0.1, 0.15) is 16.5 Å². The molecule has 1 saturated heterocycles. The van der Waals surface area contributed by atoms with Gasteiger partial charge < -0.3 is 16.0 Å². The first-order valence-corrected chi connectivity index (χ1v) is 12.8. The smallest absolute Gasteiger partial charge is 0.286 e. The molecule has 2 bridgehead atoms. The number of Topliss-reactive ketones (excluding diaryl/α,β-unsaturated/α-hetero) is 1. The van der Waals surface area contributed by atoms with E-state index < -0.39 is 21.8 Å². The number of hydrogen-bond donors (Lipinski definition) is 2. The van der Waals surface area contributed by atoms with Crippen molar-refractivity contribution in [1.29, 1.82) is 0 Å². The molecule has 0 spiro atoms. The van der Waals surface area contributed by atoms with Gasteiger partial charge in [0, 0.05) is 24.2 Å². The van der Waals surface area contributed by atoms with E-state index >= 15 is 0 Å². The molecule has 2 saturated carbocycles. The number of amidine groups is 1. The summed E-state index contributed by atoms with van der Waals surface area (Å²) in [6.07, 6.45) is 2.75. The third-order valence-electron chi connectivity index (χ3n) is 7.68. The summed E-state index contributed by atoms with van der Waals surface area (Å²) in [6, 6.07) is 10.0. The van der Waals surface area contributed by atoms with Crippen LogP contribution in [0, 0.1) is 29.5 Å². The van der Waals surface area contributed by atoms with Crippen LogP contribution < -0.4 is 11.1 Å². The quantitative estimate of drug-likeness (QED) is 0.512. The van der Waals surface area contributed by atoms with Crippen molar-refractivity contribution in [3.05, 3.63) is 53.8 Å². The highest BCUT2D eigenvalue weighted by molar-refractivity contribution is 7.90. The zero-order valence-electron chi connectivity index (χ0n) is 18.1. The van der Waals surface area contributed by atoms with Gasteiger partial charge in [0.25, 0.3) is 10.0 Å². The van der Waals surface area contributed by atoms with Gasteiger partial charge in [-0.1, -0.05) is 12.1 Å². The summed E-state index contributed by atoms with van der Waals surface area (Å²) in [5, 5.41) is 2.92. The molecule has 4 aliphatic rings. The average molecular weight is 483 g/mol. The monoisotopic (exact) mass is 482 g/mol. The number of anilines is 2. The molecule has 2 aliphatic carbocycles. The van der Waals surface area contributed by atoms with Crippen molar-refractivity contribution >= 4 is 38.9 Å². The maximum absolute atomic E-state index is 13.8. The van der Waals surface area contributed by atoms with Crippen LogP contribution in [-0.2, 0) is 26.2 Å². The lowest BCUT2D eigenvalue weighted by atomic mass is 9.73. The summed E-state index contributed by atoms with van der Waals surface area (Å²) in [5.74, 6) is -2.56. The predicted octanol–water partition coefficient (Wildman–Crippen LogP) is 2.56. The molecule has 5 atom stereocenters. The van der Waals surface area contributed by atoms with Gasteiger partial charge in [-0.2, -0.15) is 8.42 Å². The normalized spacial score (nSPS) is 31.0. The molecule has 10 heteroatoms. The Morgan fingerprint density at radius 2 is 1.82 bits per heavy atom. The second kappa shape index (κ2) is 7.36. The maximum Gasteiger partial charge on any atom is 0.286 e. The van der Waals surface area contributed by atoms with E-state index in [4.69, 9.17) is 5.73 Å². The number of carbonyl (C=O) groups is 2. The Labute approximate surface area is 196 Å². The molecule has 1 amide bonds. The Kier molecular flexibility index (Phi) is 4.61. The van der Waals surface area contributed by atoms with Gasteiger partial charge in [-0.05, 0) is 67.0 Å². The summed E-state index contributed by atoms with van der Waals surface area (Å²) >= 11 is 0. The minimum Gasteiger partial charge on any atom is -0.399 e. The van der Waals surface area contributed by atoms with E-state index in [0.717, 1.165) is 24.8 Å². The number of benzene rings is 2. The second-order valence-corrected chi connectivity index (χ2v) is 11.2. The summed E-state index contributed by atoms with van der Waals surface area (Å²) in [7, 11) is -4.14. The standard InChI is InChI=1S/C24H23FN4O4S/c25-15-5-1-12(2-6-15)11-29-21-14-4-3-13(9-14)19(21)22(30)20(24(29)31)23-27-17-8-7-16(26)10-18(17)34(32,33)28-23/h1-2,5-8,10,13-14,19-21H,3-4,9,11,26H2,(H,27,28)/t13-,14+,19?,20?,21?/m0/s1. The Hall–Kier alpha value is -3.27. The van der Waals surface area contributed by atoms with Gasteiger partial charge in [0.15, 0.2) is 11.7 Å². The molecule has 2 aromatic carbocycles. The first-order chi connectivity index (χ1) is 16.2. The first kappa shape index (κ1) is 21.3. The molecule has 8 nitrogen and oxygen atoms in total. The molecule has 6 rings (SSSR count). The van der Waals surface area contributed by atoms with Gasteiger partial charge in [-0.25, -0.2) is 4.39 Å². The highest BCUT2D eigenvalue weighted by atomic mass is 32.2. The molecule has 3 fully saturated rings. The largest absolute Gasteiger partial charge is 0.399 e. The lowest BCUT2D eigenvalue weighted by molar-refractivity contribution is -0.153. The van der Waals surface area contributed by atoms with Crippen LogP contribution in [0.25, 0.3) is 0 Å². The van der Waals surface area contributed by atoms with E-state index in [0.29, 0.717) is 0 Å². The first-order valence-electron chi connectivity index (χ1n) is 11.3. The summed E-state index contributed by atoms with van der Waals surface area (Å²) in [6.45, 7) is 0.223. The van der Waals surface area contributed by atoms with E-state index in [1.807, 2.05) is 0 Å². The van der Waals surface area contributed by atoms with Crippen molar-refractivity contribution in [2.45, 2.75) is 36.7 Å². The van der Waals surface area contributed by atoms with E-state index in [1.54, 1.807) is 23.1 Å². The van der Waals surface area contributed by atoms with E-state index in [1.165, 1.54) is 24.3 Å². The van der Waals surface area contributed by atoms with Crippen molar-refractivity contribution in [3.8, 4) is 0 Å². The van der Waals surface area contributed by atoms with Crippen molar-refractivity contribution in [2.75, 3.05) is 11.1 Å². The number of piperidine rings is 1. The summed E-state index contributed by atoms with van der Waals surface area (Å²) < 4.78 is 43.1. The van der Waals surface area contributed by atoms with Crippen LogP contribution in [0.15, 0.2) is 51.8 Å². The van der Waals surface area contributed by atoms with Gasteiger partial charge >= 0.3 is 0 Å². The zero-order chi connectivity index (χ0) is 23.8. The Bertz CT molecular complexity index is 1360. The number of nitrogens with zero attached hydrogens (tertiary/aromatic N) is 2. The second-order valence-electron chi connectivity index (χ2n) is 9.61. The number of nitrogens with one attached hydrogen (secondary N) is 1. The maximum atomic E-state index is 13.8. The molecule has 0 aromatic heterocycles. The minimum absolute atomic E-state index is 0.0899. The van der Waals surface area contributed by atoms with Gasteiger partial charge in [-0.15, -0.1) is 4.40 Å². The molecule has 3 N–H and O–H groups in total. The number of amides is 1. The van der Waals surface area contributed by atoms with Crippen molar-refractivity contribution in [2.24, 2.45) is 28.1 Å². The van der Waals surface area contributed by atoms with Gasteiger partial charge in [-0.3, -0.25) is 9.59 Å². The highest BCUT2D eigenvalue weighted by Gasteiger charge is 2.60. The van der Waals surface area contributed by atoms with Crippen LogP contribution >= 0.6 is 0 Å². The Balaban J connectivity index is 1.41. The number of hydrogen-bond acceptors (Lipinski definition) is 6. The van der Waals surface area contributed by atoms with Gasteiger partial charge in [0.2, 0.25) is 5.91 Å². The topological polar surface area (TPSA) is 122 Å². The number of nitrogens with two attached hydrogens (primary N) is 1. The summed E-state index contributed by atoms with van der Waals surface area (Å²) in [4.78, 5) is 29.1. The number of ketones is 1. The van der Waals surface area contributed by atoms with E-state index in [-0.39, 0.29) is 64.0 Å². The number of halogens is 1. The minimum atomic E-state index is -4.14. The summed E-state index contributed by atoms with van der Waals surface area (Å²) in [5.41, 5.74) is 6.99. The Morgan fingerprint density at radius 3 is 2.59 bits per heavy atom.